The van der Waals surface area contributed by atoms with E-state index in [0.29, 0.717) is 5.69 Å². The standard InChI is InChI=1S/C15H17FN2O4/c1-4-21-15(20)22-13(19)8-6-10-5-7-12(18(2)3)11(9-17)14(10)16/h5,7H,4,6,8H2,1-3H3. The van der Waals surface area contributed by atoms with Crippen molar-refractivity contribution in [3.05, 3.63) is 29.1 Å². The zero-order valence-corrected chi connectivity index (χ0v) is 12.7. The van der Waals surface area contributed by atoms with Gasteiger partial charge in [0.05, 0.1) is 18.7 Å². The Morgan fingerprint density at radius 2 is 2.05 bits per heavy atom. The van der Waals surface area contributed by atoms with Gasteiger partial charge in [-0.2, -0.15) is 5.26 Å². The van der Waals surface area contributed by atoms with Crippen LogP contribution in [0.25, 0.3) is 0 Å². The van der Waals surface area contributed by atoms with E-state index >= 15 is 0 Å². The summed E-state index contributed by atoms with van der Waals surface area (Å²) >= 11 is 0. The van der Waals surface area contributed by atoms with Crippen LogP contribution in [0.2, 0.25) is 0 Å². The average Bonchev–Trinajstić information content (AvgIpc) is 2.45. The number of aryl methyl sites for hydroxylation is 1. The van der Waals surface area contributed by atoms with E-state index < -0.39 is 17.9 Å². The van der Waals surface area contributed by atoms with Crippen molar-refractivity contribution in [1.82, 2.24) is 0 Å². The largest absolute Gasteiger partial charge is 0.516 e. The van der Waals surface area contributed by atoms with Crippen LogP contribution in [0.1, 0.15) is 24.5 Å². The summed E-state index contributed by atoms with van der Waals surface area (Å²) < 4.78 is 23.1. The monoisotopic (exact) mass is 308 g/mol. The highest BCUT2D eigenvalue weighted by Crippen LogP contribution is 2.24. The van der Waals surface area contributed by atoms with Crippen molar-refractivity contribution in [3.8, 4) is 6.07 Å². The minimum absolute atomic E-state index is 0.0203. The highest BCUT2D eigenvalue weighted by Gasteiger charge is 2.17. The second kappa shape index (κ2) is 7.98. The Kier molecular flexibility index (Phi) is 6.32. The molecule has 0 fully saturated rings. The molecule has 6 nitrogen and oxygen atoms in total. The third kappa shape index (κ3) is 4.45. The number of hydrogen-bond donors (Lipinski definition) is 0. The molecule has 0 aliphatic heterocycles. The van der Waals surface area contributed by atoms with Gasteiger partial charge in [-0.15, -0.1) is 0 Å². The number of hydrogen-bond acceptors (Lipinski definition) is 6. The molecule has 1 aromatic rings. The fourth-order valence-electron chi connectivity index (χ4n) is 1.81. The normalized spacial score (nSPS) is 9.77. The second-order valence-electron chi connectivity index (χ2n) is 4.60. The first kappa shape index (κ1) is 17.4. The highest BCUT2D eigenvalue weighted by molar-refractivity contribution is 5.81. The van der Waals surface area contributed by atoms with Crippen molar-refractivity contribution >= 4 is 17.8 Å². The Hall–Kier alpha value is -2.62. The maximum absolute atomic E-state index is 14.2. The lowest BCUT2D eigenvalue weighted by atomic mass is 10.0. The molecule has 0 aromatic heterocycles. The Bertz CT molecular complexity index is 608. The predicted molar refractivity (Wildman–Crippen MR) is 76.9 cm³/mol. The Morgan fingerprint density at radius 3 is 2.59 bits per heavy atom. The molecule has 0 aliphatic rings. The van der Waals surface area contributed by atoms with E-state index in [2.05, 4.69) is 9.47 Å². The van der Waals surface area contributed by atoms with E-state index in [1.807, 2.05) is 6.07 Å². The van der Waals surface area contributed by atoms with Gasteiger partial charge < -0.3 is 14.4 Å². The summed E-state index contributed by atoms with van der Waals surface area (Å²) in [6, 6.07) is 4.92. The molecule has 1 aromatic carbocycles. The lowest BCUT2D eigenvalue weighted by Gasteiger charge is -2.16. The summed E-state index contributed by atoms with van der Waals surface area (Å²) in [6.07, 6.45) is -1.25. The van der Waals surface area contributed by atoms with Crippen molar-refractivity contribution < 1.29 is 23.5 Å². The van der Waals surface area contributed by atoms with E-state index in [4.69, 9.17) is 5.26 Å². The number of halogens is 1. The minimum atomic E-state index is -1.08. The fourth-order valence-corrected chi connectivity index (χ4v) is 1.81. The molecule has 0 atom stereocenters. The van der Waals surface area contributed by atoms with Crippen molar-refractivity contribution in [2.24, 2.45) is 0 Å². The van der Waals surface area contributed by atoms with Crippen LogP contribution in [0.5, 0.6) is 0 Å². The van der Waals surface area contributed by atoms with Crippen LogP contribution in [-0.4, -0.2) is 32.8 Å². The van der Waals surface area contributed by atoms with Gasteiger partial charge >= 0.3 is 12.1 Å². The van der Waals surface area contributed by atoms with Crippen LogP contribution >= 0.6 is 0 Å². The molecule has 1 rings (SSSR count). The maximum atomic E-state index is 14.2. The van der Waals surface area contributed by atoms with Crippen molar-refractivity contribution in [3.63, 3.8) is 0 Å². The minimum Gasteiger partial charge on any atom is -0.434 e. The quantitative estimate of drug-likeness (QED) is 0.614. The van der Waals surface area contributed by atoms with Crippen LogP contribution in [0.3, 0.4) is 0 Å². The van der Waals surface area contributed by atoms with Crippen LogP contribution < -0.4 is 4.90 Å². The summed E-state index contributed by atoms with van der Waals surface area (Å²) in [4.78, 5) is 24.0. The van der Waals surface area contributed by atoms with Gasteiger partial charge in [-0.1, -0.05) is 6.07 Å². The predicted octanol–water partition coefficient (Wildman–Crippen LogP) is 2.40. The molecule has 0 amide bonds. The molecule has 0 N–H and O–H groups in total. The Balaban J connectivity index is 2.77. The number of anilines is 1. The maximum Gasteiger partial charge on any atom is 0.516 e. The molecule has 0 spiro atoms. The summed E-state index contributed by atoms with van der Waals surface area (Å²) in [5.41, 5.74) is 0.585. The third-order valence-corrected chi connectivity index (χ3v) is 2.85. The molecule has 0 unspecified atom stereocenters. The van der Waals surface area contributed by atoms with Crippen molar-refractivity contribution in [2.75, 3.05) is 25.6 Å². The van der Waals surface area contributed by atoms with Gasteiger partial charge in [0.15, 0.2) is 0 Å². The zero-order valence-electron chi connectivity index (χ0n) is 12.7. The first-order valence-corrected chi connectivity index (χ1v) is 6.66. The summed E-state index contributed by atoms with van der Waals surface area (Å²) in [6.45, 7) is 1.68. The molecule has 0 saturated heterocycles. The number of ether oxygens (including phenoxy) is 2. The zero-order chi connectivity index (χ0) is 16.7. The molecule has 0 radical (unpaired) electrons. The first-order valence-electron chi connectivity index (χ1n) is 6.66. The van der Waals surface area contributed by atoms with Crippen LogP contribution in [0, 0.1) is 17.1 Å². The third-order valence-electron chi connectivity index (χ3n) is 2.85. The number of nitrogens with zero attached hydrogens (tertiary/aromatic N) is 2. The number of rotatable bonds is 5. The van der Waals surface area contributed by atoms with Crippen LogP contribution in [-0.2, 0) is 20.7 Å². The fraction of sp³-hybridized carbons (Fsp3) is 0.400. The molecule has 7 heteroatoms. The molecule has 0 bridgehead atoms. The Morgan fingerprint density at radius 1 is 1.36 bits per heavy atom. The summed E-state index contributed by atoms with van der Waals surface area (Å²) in [5, 5.41) is 9.06. The van der Waals surface area contributed by atoms with Gasteiger partial charge in [0, 0.05) is 14.1 Å². The average molecular weight is 308 g/mol. The molecule has 22 heavy (non-hydrogen) atoms. The molecule has 0 saturated carbocycles. The SMILES string of the molecule is CCOC(=O)OC(=O)CCc1ccc(N(C)C)c(C#N)c1F. The first-order chi connectivity index (χ1) is 10.4. The second-order valence-corrected chi connectivity index (χ2v) is 4.60. The van der Waals surface area contributed by atoms with E-state index in [1.165, 1.54) is 6.07 Å². The smallest absolute Gasteiger partial charge is 0.434 e. The summed E-state index contributed by atoms with van der Waals surface area (Å²) in [7, 11) is 3.40. The van der Waals surface area contributed by atoms with Gasteiger partial charge in [0.1, 0.15) is 17.4 Å². The number of carbonyl (C=O) groups excluding carboxylic acids is 2. The van der Waals surface area contributed by atoms with E-state index in [0.717, 1.165) is 0 Å². The van der Waals surface area contributed by atoms with Crippen molar-refractivity contribution in [2.45, 2.75) is 19.8 Å². The highest BCUT2D eigenvalue weighted by atomic mass is 19.1. The molecular formula is C15H17FN2O4. The Labute approximate surface area is 128 Å². The van der Waals surface area contributed by atoms with E-state index in [1.54, 1.807) is 32.0 Å². The van der Waals surface area contributed by atoms with Crippen LogP contribution in [0.4, 0.5) is 14.9 Å². The number of benzene rings is 1. The number of carbonyl (C=O) groups is 2. The molecule has 0 aliphatic carbocycles. The molecule has 118 valence electrons. The van der Waals surface area contributed by atoms with Gasteiger partial charge in [0.25, 0.3) is 0 Å². The molecule has 0 heterocycles. The summed E-state index contributed by atoms with van der Waals surface area (Å²) in [5.74, 6) is -1.48. The van der Waals surface area contributed by atoms with E-state index in [-0.39, 0.29) is 30.6 Å². The van der Waals surface area contributed by atoms with Crippen LogP contribution in [0.15, 0.2) is 12.1 Å². The lowest BCUT2D eigenvalue weighted by Crippen LogP contribution is -2.15. The number of nitriles is 1. The number of esters is 1. The van der Waals surface area contributed by atoms with Crippen molar-refractivity contribution in [1.29, 1.82) is 5.26 Å². The van der Waals surface area contributed by atoms with Gasteiger partial charge in [-0.05, 0) is 25.0 Å². The van der Waals surface area contributed by atoms with E-state index in [9.17, 15) is 14.0 Å². The lowest BCUT2D eigenvalue weighted by molar-refractivity contribution is -0.139. The molecular weight excluding hydrogens is 291 g/mol. The van der Waals surface area contributed by atoms with Gasteiger partial charge in [-0.25, -0.2) is 9.18 Å². The van der Waals surface area contributed by atoms with Gasteiger partial charge in [-0.3, -0.25) is 4.79 Å². The van der Waals surface area contributed by atoms with Gasteiger partial charge in [0.2, 0.25) is 0 Å². The topological polar surface area (TPSA) is 79.6 Å².